The molecule has 1 aliphatic carbocycles. The Morgan fingerprint density at radius 3 is 2.14 bits per heavy atom. The zero-order chi connectivity index (χ0) is 14.8. The maximum atomic E-state index is 2.57. The highest BCUT2D eigenvalue weighted by molar-refractivity contribution is 5.53. The van der Waals surface area contributed by atoms with Gasteiger partial charge < -0.3 is 0 Å². The van der Waals surface area contributed by atoms with Gasteiger partial charge in [0.2, 0.25) is 0 Å². The number of likely N-dealkylation sites (N-methyl/N-ethyl adjacent to an activating group) is 1. The summed E-state index contributed by atoms with van der Waals surface area (Å²) in [6.45, 7) is 7.23. The fourth-order valence-electron chi connectivity index (χ4n) is 4.86. The van der Waals surface area contributed by atoms with Gasteiger partial charge in [-0.05, 0) is 41.6 Å². The highest BCUT2D eigenvalue weighted by Gasteiger charge is 2.49. The first-order valence-electron chi connectivity index (χ1n) is 7.93. The van der Waals surface area contributed by atoms with Gasteiger partial charge >= 0.3 is 0 Å². The van der Waals surface area contributed by atoms with Gasteiger partial charge in [0.15, 0.2) is 0 Å². The molecule has 3 aliphatic rings. The van der Waals surface area contributed by atoms with E-state index in [9.17, 15) is 0 Å². The number of hydrogen-bond donors (Lipinski definition) is 0. The summed E-state index contributed by atoms with van der Waals surface area (Å²) in [5.41, 5.74) is 6.22. The number of benzene rings is 2. The third-order valence-corrected chi connectivity index (χ3v) is 5.88. The Balaban J connectivity index is 2.12. The van der Waals surface area contributed by atoms with E-state index < -0.39 is 0 Å². The van der Waals surface area contributed by atoms with Crippen molar-refractivity contribution in [3.63, 3.8) is 0 Å². The molecule has 0 saturated carbocycles. The minimum Gasteiger partial charge on any atom is -0.292 e. The fourth-order valence-corrected chi connectivity index (χ4v) is 4.86. The maximum absolute atomic E-state index is 2.57. The first-order valence-corrected chi connectivity index (χ1v) is 7.93. The van der Waals surface area contributed by atoms with Crippen molar-refractivity contribution in [3.05, 3.63) is 70.8 Å². The number of rotatable bonds is 0. The van der Waals surface area contributed by atoms with Crippen molar-refractivity contribution in [2.24, 2.45) is 0 Å². The molecule has 2 bridgehead atoms. The molecule has 2 aromatic carbocycles. The van der Waals surface area contributed by atoms with Crippen molar-refractivity contribution >= 4 is 0 Å². The van der Waals surface area contributed by atoms with Gasteiger partial charge in [-0.2, -0.15) is 0 Å². The molecule has 3 unspecified atom stereocenters. The SMILES string of the molecule is CC1C2c3ccccc3C(c3ccccc3C2(C)C)N1C. The van der Waals surface area contributed by atoms with E-state index >= 15 is 0 Å². The van der Waals surface area contributed by atoms with Crippen molar-refractivity contribution in [2.45, 2.75) is 44.2 Å². The Hall–Kier alpha value is -1.60. The second kappa shape index (κ2) is 4.20. The van der Waals surface area contributed by atoms with Crippen LogP contribution in [0.25, 0.3) is 0 Å². The van der Waals surface area contributed by atoms with Crippen LogP contribution in [0.15, 0.2) is 48.5 Å². The minimum absolute atomic E-state index is 0.158. The van der Waals surface area contributed by atoms with Crippen molar-refractivity contribution in [3.8, 4) is 0 Å². The molecule has 0 saturated heterocycles. The largest absolute Gasteiger partial charge is 0.292 e. The van der Waals surface area contributed by atoms with Crippen LogP contribution in [0.4, 0.5) is 0 Å². The summed E-state index contributed by atoms with van der Waals surface area (Å²) in [4.78, 5) is 2.57. The number of fused-ring (bicyclic) bond motifs is 1. The van der Waals surface area contributed by atoms with E-state index in [4.69, 9.17) is 0 Å². The average Bonchev–Trinajstić information content (AvgIpc) is 2.60. The molecule has 0 spiro atoms. The van der Waals surface area contributed by atoms with Crippen LogP contribution in [0.3, 0.4) is 0 Å². The molecule has 108 valence electrons. The monoisotopic (exact) mass is 277 g/mol. The molecule has 0 aromatic heterocycles. The molecule has 5 rings (SSSR count). The van der Waals surface area contributed by atoms with E-state index in [1.54, 1.807) is 5.56 Å². The summed E-state index contributed by atoms with van der Waals surface area (Å²) in [6.07, 6.45) is 0. The van der Waals surface area contributed by atoms with Crippen LogP contribution in [-0.2, 0) is 5.41 Å². The van der Waals surface area contributed by atoms with Crippen LogP contribution in [0.2, 0.25) is 0 Å². The Labute approximate surface area is 127 Å². The molecule has 0 radical (unpaired) electrons. The molecule has 2 heterocycles. The molecule has 0 N–H and O–H groups in total. The second-order valence-electron chi connectivity index (χ2n) is 7.22. The molecule has 2 aromatic rings. The normalized spacial score (nSPS) is 29.6. The average molecular weight is 277 g/mol. The first kappa shape index (κ1) is 13.1. The Bertz CT molecular complexity index is 700. The van der Waals surface area contributed by atoms with Gasteiger partial charge in [0.25, 0.3) is 0 Å². The molecular weight excluding hydrogens is 254 g/mol. The van der Waals surface area contributed by atoms with E-state index in [1.165, 1.54) is 16.7 Å². The molecule has 0 amide bonds. The minimum atomic E-state index is 0.158. The number of hydrogen-bond acceptors (Lipinski definition) is 1. The van der Waals surface area contributed by atoms with Crippen LogP contribution in [-0.4, -0.2) is 18.0 Å². The quantitative estimate of drug-likeness (QED) is 0.686. The predicted molar refractivity (Wildman–Crippen MR) is 87.7 cm³/mol. The van der Waals surface area contributed by atoms with E-state index in [1.807, 2.05) is 0 Å². The third-order valence-electron chi connectivity index (χ3n) is 5.88. The second-order valence-corrected chi connectivity index (χ2v) is 7.22. The lowest BCUT2D eigenvalue weighted by Gasteiger charge is -2.45. The summed E-state index contributed by atoms with van der Waals surface area (Å²) >= 11 is 0. The maximum Gasteiger partial charge on any atom is 0.0607 e. The number of nitrogens with zero attached hydrogens (tertiary/aromatic N) is 1. The van der Waals surface area contributed by atoms with Crippen LogP contribution in [0, 0.1) is 0 Å². The van der Waals surface area contributed by atoms with E-state index in [2.05, 4.69) is 81.2 Å². The lowest BCUT2D eigenvalue weighted by molar-refractivity contribution is 0.148. The lowest BCUT2D eigenvalue weighted by Crippen LogP contribution is -2.45. The fraction of sp³-hybridized carbons (Fsp3) is 0.400. The van der Waals surface area contributed by atoms with Gasteiger partial charge in [0, 0.05) is 12.0 Å². The van der Waals surface area contributed by atoms with Gasteiger partial charge in [-0.1, -0.05) is 62.4 Å². The highest BCUT2D eigenvalue weighted by Crippen LogP contribution is 2.55. The summed E-state index contributed by atoms with van der Waals surface area (Å²) < 4.78 is 0. The van der Waals surface area contributed by atoms with E-state index in [-0.39, 0.29) is 5.41 Å². The van der Waals surface area contributed by atoms with Crippen LogP contribution in [0.5, 0.6) is 0 Å². The highest BCUT2D eigenvalue weighted by atomic mass is 15.2. The molecule has 1 heteroatoms. The summed E-state index contributed by atoms with van der Waals surface area (Å²) in [5, 5.41) is 0. The zero-order valence-electron chi connectivity index (χ0n) is 13.3. The van der Waals surface area contributed by atoms with Crippen LogP contribution in [0.1, 0.15) is 55.0 Å². The Morgan fingerprint density at radius 1 is 0.857 bits per heavy atom. The van der Waals surface area contributed by atoms with Crippen LogP contribution >= 0.6 is 0 Å². The molecule has 21 heavy (non-hydrogen) atoms. The van der Waals surface area contributed by atoms with Gasteiger partial charge in [0.05, 0.1) is 6.04 Å². The molecule has 1 nitrogen and oxygen atoms in total. The van der Waals surface area contributed by atoms with E-state index in [0.717, 1.165) is 0 Å². The standard InChI is InChI=1S/C20H23N/c1-13-18-14-9-5-6-10-15(14)19(21(13)4)16-11-7-8-12-17(16)20(18,2)3/h5-13,18-19H,1-4H3. The van der Waals surface area contributed by atoms with Gasteiger partial charge in [-0.3, -0.25) is 4.90 Å². The third kappa shape index (κ3) is 1.56. The molecule has 3 atom stereocenters. The van der Waals surface area contributed by atoms with E-state index in [0.29, 0.717) is 18.0 Å². The predicted octanol–water partition coefficient (Wildman–Crippen LogP) is 4.48. The van der Waals surface area contributed by atoms with Crippen LogP contribution < -0.4 is 0 Å². The van der Waals surface area contributed by atoms with Crippen molar-refractivity contribution in [2.75, 3.05) is 7.05 Å². The van der Waals surface area contributed by atoms with Crippen molar-refractivity contribution in [1.29, 1.82) is 0 Å². The molecule has 0 fully saturated rings. The van der Waals surface area contributed by atoms with Crippen molar-refractivity contribution < 1.29 is 0 Å². The van der Waals surface area contributed by atoms with Gasteiger partial charge in [-0.25, -0.2) is 0 Å². The topological polar surface area (TPSA) is 3.24 Å². The zero-order valence-corrected chi connectivity index (χ0v) is 13.3. The molecular formula is C20H23N. The Kier molecular flexibility index (Phi) is 2.62. The van der Waals surface area contributed by atoms with Gasteiger partial charge in [0.1, 0.15) is 0 Å². The summed E-state index contributed by atoms with van der Waals surface area (Å²) in [7, 11) is 2.29. The first-order chi connectivity index (χ1) is 10.0. The van der Waals surface area contributed by atoms with Crippen molar-refractivity contribution in [1.82, 2.24) is 4.90 Å². The molecule has 2 aliphatic heterocycles. The van der Waals surface area contributed by atoms with Gasteiger partial charge in [-0.15, -0.1) is 0 Å². The summed E-state index contributed by atoms with van der Waals surface area (Å²) in [5.74, 6) is 0.540. The Morgan fingerprint density at radius 2 is 1.43 bits per heavy atom. The lowest BCUT2D eigenvalue weighted by atomic mass is 9.67. The smallest absolute Gasteiger partial charge is 0.0607 e. The summed E-state index contributed by atoms with van der Waals surface area (Å²) in [6, 6.07) is 19.1.